The molecule has 150 valence electrons. The van der Waals surface area contributed by atoms with Crippen LogP contribution in [0, 0.1) is 17.5 Å². The summed E-state index contributed by atoms with van der Waals surface area (Å²) in [4.78, 5) is 30.2. The molecule has 0 radical (unpaired) electrons. The molecule has 0 saturated carbocycles. The molecule has 0 bridgehead atoms. The van der Waals surface area contributed by atoms with Crippen LogP contribution in [0.15, 0.2) is 35.3 Å². The number of nitrogens with one attached hydrogen (secondary N) is 1. The topological polar surface area (TPSA) is 87.5 Å². The largest absolute Gasteiger partial charge is 0.477 e. The quantitative estimate of drug-likeness (QED) is 0.694. The van der Waals surface area contributed by atoms with Gasteiger partial charge in [-0.1, -0.05) is 0 Å². The van der Waals surface area contributed by atoms with Gasteiger partial charge in [0.2, 0.25) is 5.43 Å². The fourth-order valence-corrected chi connectivity index (χ4v) is 3.33. The molecule has 1 fully saturated rings. The summed E-state index contributed by atoms with van der Waals surface area (Å²) in [6.45, 7) is 2.39. The summed E-state index contributed by atoms with van der Waals surface area (Å²) in [5.41, 5.74) is -2.33. The van der Waals surface area contributed by atoms with E-state index < -0.39 is 39.8 Å². The third-order valence-electron chi connectivity index (χ3n) is 4.74. The van der Waals surface area contributed by atoms with Crippen LogP contribution in [0.4, 0.5) is 19.0 Å². The summed E-state index contributed by atoms with van der Waals surface area (Å²) in [5, 5.41) is 11.9. The molecule has 1 aliphatic rings. The second kappa shape index (κ2) is 7.21. The number of carboxylic acids is 1. The van der Waals surface area contributed by atoms with Crippen molar-refractivity contribution in [3.05, 3.63) is 63.7 Å². The number of halogens is 3. The highest BCUT2D eigenvalue weighted by molar-refractivity contribution is 5.92. The van der Waals surface area contributed by atoms with E-state index in [1.54, 1.807) is 4.90 Å². The van der Waals surface area contributed by atoms with Crippen molar-refractivity contribution in [3.63, 3.8) is 0 Å². The second-order valence-corrected chi connectivity index (χ2v) is 6.54. The molecule has 0 amide bonds. The number of fused-ring (bicyclic) bond motifs is 1. The molecule has 7 nitrogen and oxygen atoms in total. The van der Waals surface area contributed by atoms with Gasteiger partial charge in [0, 0.05) is 44.5 Å². The molecule has 4 rings (SSSR count). The third-order valence-corrected chi connectivity index (χ3v) is 4.74. The van der Waals surface area contributed by atoms with Crippen molar-refractivity contribution >= 4 is 22.8 Å². The first-order valence-corrected chi connectivity index (χ1v) is 8.77. The molecule has 0 unspecified atom stereocenters. The van der Waals surface area contributed by atoms with Gasteiger partial charge in [0.05, 0.1) is 5.69 Å². The number of hydrogen-bond donors (Lipinski definition) is 2. The Bertz CT molecular complexity index is 1190. The minimum atomic E-state index is -1.60. The minimum Gasteiger partial charge on any atom is -0.477 e. The van der Waals surface area contributed by atoms with Crippen LogP contribution in [0.5, 0.6) is 0 Å². The van der Waals surface area contributed by atoms with E-state index >= 15 is 0 Å². The maximum absolute atomic E-state index is 14.9. The van der Waals surface area contributed by atoms with E-state index in [1.165, 1.54) is 0 Å². The summed E-state index contributed by atoms with van der Waals surface area (Å²) < 4.78 is 43.7. The number of rotatable bonds is 3. The zero-order valence-corrected chi connectivity index (χ0v) is 15.0. The predicted octanol–water partition coefficient (Wildman–Crippen LogP) is 1.91. The lowest BCUT2D eigenvalue weighted by molar-refractivity contribution is 0.0695. The molecular formula is C19H15F3N4O3. The summed E-state index contributed by atoms with van der Waals surface area (Å²) >= 11 is 0. The highest BCUT2D eigenvalue weighted by atomic mass is 19.1. The van der Waals surface area contributed by atoms with E-state index in [9.17, 15) is 27.9 Å². The number of aromatic nitrogens is 2. The van der Waals surface area contributed by atoms with Crippen molar-refractivity contribution in [1.82, 2.24) is 14.9 Å². The number of nitrogens with zero attached hydrogens (tertiary/aromatic N) is 3. The summed E-state index contributed by atoms with van der Waals surface area (Å²) in [7, 11) is 0. The van der Waals surface area contributed by atoms with Crippen LogP contribution in [0.2, 0.25) is 0 Å². The number of piperazine rings is 1. The summed E-state index contributed by atoms with van der Waals surface area (Å²) in [5.74, 6) is -4.18. The Hall–Kier alpha value is -3.40. The molecule has 1 aliphatic heterocycles. The molecule has 0 aliphatic carbocycles. The van der Waals surface area contributed by atoms with E-state index in [-0.39, 0.29) is 17.2 Å². The molecule has 2 N–H and O–H groups in total. The molecule has 3 aromatic rings. The van der Waals surface area contributed by atoms with Crippen molar-refractivity contribution < 1.29 is 23.1 Å². The van der Waals surface area contributed by atoms with Crippen molar-refractivity contribution in [2.75, 3.05) is 31.1 Å². The van der Waals surface area contributed by atoms with Gasteiger partial charge in [0.25, 0.3) is 0 Å². The van der Waals surface area contributed by atoms with Crippen molar-refractivity contribution in [1.29, 1.82) is 0 Å². The van der Waals surface area contributed by atoms with E-state index in [1.807, 2.05) is 0 Å². The molecule has 3 heterocycles. The van der Waals surface area contributed by atoms with Crippen molar-refractivity contribution in [3.8, 4) is 5.69 Å². The number of benzene rings is 1. The molecule has 10 heteroatoms. The van der Waals surface area contributed by atoms with Gasteiger partial charge in [-0.05, 0) is 12.1 Å². The van der Waals surface area contributed by atoms with Crippen LogP contribution in [0.3, 0.4) is 0 Å². The Labute approximate surface area is 162 Å². The van der Waals surface area contributed by atoms with Crippen LogP contribution >= 0.6 is 0 Å². The van der Waals surface area contributed by atoms with Gasteiger partial charge < -0.3 is 15.3 Å². The Morgan fingerprint density at radius 1 is 1.10 bits per heavy atom. The monoisotopic (exact) mass is 404 g/mol. The highest BCUT2D eigenvalue weighted by Crippen LogP contribution is 2.25. The average Bonchev–Trinajstić information content (AvgIpc) is 2.69. The van der Waals surface area contributed by atoms with E-state index in [2.05, 4.69) is 10.3 Å². The van der Waals surface area contributed by atoms with Crippen molar-refractivity contribution in [2.24, 2.45) is 0 Å². The second-order valence-electron chi connectivity index (χ2n) is 6.54. The van der Waals surface area contributed by atoms with Gasteiger partial charge in [-0.2, -0.15) is 0 Å². The van der Waals surface area contributed by atoms with Gasteiger partial charge >= 0.3 is 5.97 Å². The molecular weight excluding hydrogens is 389 g/mol. The Morgan fingerprint density at radius 3 is 2.48 bits per heavy atom. The number of pyridine rings is 2. The SMILES string of the molecule is O=C(O)c1cn(-c2ccc(F)cc2F)c2nc(N3CCNCC3)cc(F)c2c1=O. The van der Waals surface area contributed by atoms with E-state index in [0.717, 1.165) is 29.0 Å². The lowest BCUT2D eigenvalue weighted by Gasteiger charge is -2.28. The Morgan fingerprint density at radius 2 is 1.83 bits per heavy atom. The Balaban J connectivity index is 2.06. The van der Waals surface area contributed by atoms with E-state index in [4.69, 9.17) is 0 Å². The van der Waals surface area contributed by atoms with Crippen LogP contribution < -0.4 is 15.6 Å². The van der Waals surface area contributed by atoms with Gasteiger partial charge in [0.1, 0.15) is 34.2 Å². The molecule has 1 saturated heterocycles. The maximum atomic E-state index is 14.9. The summed E-state index contributed by atoms with van der Waals surface area (Å²) in [6, 6.07) is 3.71. The van der Waals surface area contributed by atoms with Crippen LogP contribution in [-0.2, 0) is 0 Å². The normalized spacial score (nSPS) is 14.4. The highest BCUT2D eigenvalue weighted by Gasteiger charge is 2.23. The van der Waals surface area contributed by atoms with E-state index in [0.29, 0.717) is 32.2 Å². The lowest BCUT2D eigenvalue weighted by Crippen LogP contribution is -2.44. The average molecular weight is 404 g/mol. The molecule has 1 aromatic carbocycles. The minimum absolute atomic E-state index is 0.232. The van der Waals surface area contributed by atoms with Crippen LogP contribution in [0.25, 0.3) is 16.7 Å². The smallest absolute Gasteiger partial charge is 0.341 e. The van der Waals surface area contributed by atoms with Gasteiger partial charge in [0.15, 0.2) is 5.65 Å². The maximum Gasteiger partial charge on any atom is 0.341 e. The van der Waals surface area contributed by atoms with Crippen LogP contribution in [0.1, 0.15) is 10.4 Å². The van der Waals surface area contributed by atoms with Gasteiger partial charge in [-0.3, -0.25) is 9.36 Å². The lowest BCUT2D eigenvalue weighted by atomic mass is 10.1. The molecule has 0 atom stereocenters. The first-order valence-electron chi connectivity index (χ1n) is 8.77. The van der Waals surface area contributed by atoms with Gasteiger partial charge in [-0.15, -0.1) is 0 Å². The number of anilines is 1. The molecule has 2 aromatic heterocycles. The Kier molecular flexibility index (Phi) is 4.71. The predicted molar refractivity (Wildman–Crippen MR) is 99.3 cm³/mol. The zero-order chi connectivity index (χ0) is 20.7. The van der Waals surface area contributed by atoms with Gasteiger partial charge in [-0.25, -0.2) is 22.9 Å². The number of aromatic carboxylic acids is 1. The number of carbonyl (C=O) groups is 1. The summed E-state index contributed by atoms with van der Waals surface area (Å²) in [6.07, 6.45) is 0.872. The van der Waals surface area contributed by atoms with Crippen molar-refractivity contribution in [2.45, 2.75) is 0 Å². The number of carboxylic acid groups (broad SMARTS) is 1. The molecule has 0 spiro atoms. The fourth-order valence-electron chi connectivity index (χ4n) is 3.33. The molecule has 29 heavy (non-hydrogen) atoms. The first kappa shape index (κ1) is 18.9. The zero-order valence-electron chi connectivity index (χ0n) is 15.0. The van der Waals surface area contributed by atoms with Crippen LogP contribution in [-0.4, -0.2) is 46.8 Å². The first-order chi connectivity index (χ1) is 13.9. The third kappa shape index (κ3) is 3.31. The number of hydrogen-bond acceptors (Lipinski definition) is 5. The standard InChI is InChI=1S/C19H15F3N4O3/c20-10-1-2-14(12(21)7-10)26-9-11(19(28)29)17(27)16-13(22)8-15(24-18(16)26)25-5-3-23-4-6-25/h1-2,7-9,23H,3-6H2,(H,28,29). The fraction of sp³-hybridized carbons (Fsp3) is 0.211.